The van der Waals surface area contributed by atoms with Gasteiger partial charge in [0.25, 0.3) is 5.91 Å². The lowest BCUT2D eigenvalue weighted by atomic mass is 9.83. The van der Waals surface area contributed by atoms with E-state index < -0.39 is 35.4 Å². The highest BCUT2D eigenvalue weighted by atomic mass is 32.1. The third kappa shape index (κ3) is 7.90. The number of fused-ring (bicyclic) bond motifs is 1. The standard InChI is InChI=1S/C34H31F3N4O4S/c35-34(36,37)26-17-25(19-38)30-28(18-26)40-33(46-30)41-32(45)27(23-12-10-22(11-13-23)21-4-2-1-3-5-21)16-20-6-8-24(9-7-20)31(44)39-15-14-29(42)43/h6-13,17-18,21,27H,1-5,14-16H2,(H,39,44)(H,42,43)(H,40,41,45). The monoisotopic (exact) mass is 648 g/mol. The van der Waals surface area contributed by atoms with E-state index in [2.05, 4.69) is 15.6 Å². The quantitative estimate of drug-likeness (QED) is 0.164. The zero-order valence-electron chi connectivity index (χ0n) is 24.7. The molecule has 1 atom stereocenters. The summed E-state index contributed by atoms with van der Waals surface area (Å²) in [5.41, 5.74) is 1.86. The lowest BCUT2D eigenvalue weighted by Crippen LogP contribution is -2.26. The summed E-state index contributed by atoms with van der Waals surface area (Å²) in [5, 5.41) is 23.7. The second-order valence-corrected chi connectivity index (χ2v) is 12.3. The number of nitrogens with zero attached hydrogens (tertiary/aromatic N) is 2. The number of nitrogens with one attached hydrogen (secondary N) is 2. The number of halogens is 3. The van der Waals surface area contributed by atoms with Crippen molar-refractivity contribution in [2.24, 2.45) is 0 Å². The van der Waals surface area contributed by atoms with Gasteiger partial charge < -0.3 is 15.7 Å². The number of carbonyl (C=O) groups excluding carboxylic acids is 2. The highest BCUT2D eigenvalue weighted by molar-refractivity contribution is 7.22. The van der Waals surface area contributed by atoms with E-state index in [0.717, 1.165) is 47.4 Å². The third-order valence-electron chi connectivity index (χ3n) is 8.18. The van der Waals surface area contributed by atoms with Gasteiger partial charge in [-0.1, -0.05) is 67.0 Å². The molecule has 238 valence electrons. The summed E-state index contributed by atoms with van der Waals surface area (Å²) in [6.07, 6.45) is 1.25. The molecule has 1 aromatic heterocycles. The molecule has 2 amide bonds. The summed E-state index contributed by atoms with van der Waals surface area (Å²) in [4.78, 5) is 41.2. The fourth-order valence-electron chi connectivity index (χ4n) is 5.74. The number of hydrogen-bond acceptors (Lipinski definition) is 6. The lowest BCUT2D eigenvalue weighted by molar-refractivity contribution is -0.138. The number of anilines is 1. The fraction of sp³-hybridized carbons (Fsp3) is 0.324. The zero-order chi connectivity index (χ0) is 32.8. The molecular formula is C34H31F3N4O4S. The van der Waals surface area contributed by atoms with Crippen LogP contribution >= 0.6 is 11.3 Å². The number of aliphatic carboxylic acids is 1. The second-order valence-electron chi connectivity index (χ2n) is 11.3. The predicted octanol–water partition coefficient (Wildman–Crippen LogP) is 7.40. The van der Waals surface area contributed by atoms with Gasteiger partial charge in [-0.05, 0) is 66.1 Å². The number of carbonyl (C=O) groups is 3. The molecule has 46 heavy (non-hydrogen) atoms. The number of benzene rings is 3. The number of amides is 2. The molecule has 0 saturated heterocycles. The van der Waals surface area contributed by atoms with Crippen LogP contribution in [0.4, 0.5) is 18.3 Å². The summed E-state index contributed by atoms with van der Waals surface area (Å²) in [6.45, 7) is -0.00579. The Hall–Kier alpha value is -4.76. The van der Waals surface area contributed by atoms with Crippen LogP contribution in [0.1, 0.15) is 88.5 Å². The van der Waals surface area contributed by atoms with Crippen molar-refractivity contribution in [1.29, 1.82) is 5.26 Å². The van der Waals surface area contributed by atoms with E-state index in [9.17, 15) is 32.8 Å². The van der Waals surface area contributed by atoms with Gasteiger partial charge in [-0.3, -0.25) is 14.4 Å². The predicted molar refractivity (Wildman–Crippen MR) is 168 cm³/mol. The van der Waals surface area contributed by atoms with Crippen LogP contribution in [0.3, 0.4) is 0 Å². The van der Waals surface area contributed by atoms with Crippen LogP contribution in [0, 0.1) is 11.3 Å². The maximum atomic E-state index is 13.8. The summed E-state index contributed by atoms with van der Waals surface area (Å²) < 4.78 is 40.5. The van der Waals surface area contributed by atoms with Crippen molar-refractivity contribution < 1.29 is 32.7 Å². The smallest absolute Gasteiger partial charge is 0.416 e. The van der Waals surface area contributed by atoms with Crippen molar-refractivity contribution in [2.75, 3.05) is 11.9 Å². The van der Waals surface area contributed by atoms with E-state index in [4.69, 9.17) is 5.11 Å². The Balaban J connectivity index is 1.40. The number of aromatic nitrogens is 1. The molecule has 1 saturated carbocycles. The SMILES string of the molecule is N#Cc1cc(C(F)(F)F)cc2nc(NC(=O)C(Cc3ccc(C(=O)NCCC(=O)O)cc3)c3ccc(C4CCCCC4)cc3)sc12. The topological polar surface area (TPSA) is 132 Å². The van der Waals surface area contributed by atoms with Gasteiger partial charge in [0, 0.05) is 12.1 Å². The maximum Gasteiger partial charge on any atom is 0.416 e. The van der Waals surface area contributed by atoms with Crippen LogP contribution in [0.15, 0.2) is 60.7 Å². The molecule has 3 N–H and O–H groups in total. The van der Waals surface area contributed by atoms with Crippen molar-refractivity contribution in [1.82, 2.24) is 10.3 Å². The Bertz CT molecular complexity index is 1770. The first-order chi connectivity index (χ1) is 22.0. The first-order valence-electron chi connectivity index (χ1n) is 14.9. The summed E-state index contributed by atoms with van der Waals surface area (Å²) in [6, 6.07) is 18.0. The average Bonchev–Trinajstić information content (AvgIpc) is 3.45. The number of hydrogen-bond donors (Lipinski definition) is 3. The van der Waals surface area contributed by atoms with E-state index >= 15 is 0 Å². The molecule has 0 radical (unpaired) electrons. The van der Waals surface area contributed by atoms with Gasteiger partial charge in [0.2, 0.25) is 5.91 Å². The summed E-state index contributed by atoms with van der Waals surface area (Å²) in [5.74, 6) is -2.09. The van der Waals surface area contributed by atoms with Crippen LogP contribution in [0.5, 0.6) is 0 Å². The molecule has 8 nitrogen and oxygen atoms in total. The van der Waals surface area contributed by atoms with Crippen LogP contribution < -0.4 is 10.6 Å². The molecule has 0 bridgehead atoms. The number of carboxylic acid groups (broad SMARTS) is 1. The minimum Gasteiger partial charge on any atom is -0.481 e. The van der Waals surface area contributed by atoms with Gasteiger partial charge in [0.1, 0.15) is 6.07 Å². The van der Waals surface area contributed by atoms with Crippen molar-refractivity contribution in [3.05, 3.63) is 94.0 Å². The van der Waals surface area contributed by atoms with Gasteiger partial charge in [0.15, 0.2) is 5.13 Å². The van der Waals surface area contributed by atoms with E-state index in [1.165, 1.54) is 24.8 Å². The molecular weight excluding hydrogens is 617 g/mol. The minimum absolute atomic E-state index is 0.00579. The first-order valence-corrected chi connectivity index (χ1v) is 15.7. The largest absolute Gasteiger partial charge is 0.481 e. The van der Waals surface area contributed by atoms with Gasteiger partial charge in [0.05, 0.1) is 33.7 Å². The van der Waals surface area contributed by atoms with E-state index in [1.807, 2.05) is 24.3 Å². The highest BCUT2D eigenvalue weighted by Crippen LogP contribution is 2.37. The summed E-state index contributed by atoms with van der Waals surface area (Å²) >= 11 is 0.936. The van der Waals surface area contributed by atoms with Crippen molar-refractivity contribution in [3.63, 3.8) is 0 Å². The molecule has 3 aromatic carbocycles. The van der Waals surface area contributed by atoms with Crippen molar-refractivity contribution in [2.45, 2.75) is 63.0 Å². The molecule has 1 unspecified atom stereocenters. The van der Waals surface area contributed by atoms with E-state index in [1.54, 1.807) is 30.3 Å². The third-order valence-corrected chi connectivity index (χ3v) is 9.20. The van der Waals surface area contributed by atoms with E-state index in [-0.39, 0.29) is 40.3 Å². The Morgan fingerprint density at radius 1 is 1.02 bits per heavy atom. The summed E-state index contributed by atoms with van der Waals surface area (Å²) in [7, 11) is 0. The molecule has 12 heteroatoms. The molecule has 0 spiro atoms. The number of rotatable bonds is 10. The molecule has 1 aliphatic rings. The normalized spacial score (nSPS) is 14.4. The fourth-order valence-corrected chi connectivity index (χ4v) is 6.65. The lowest BCUT2D eigenvalue weighted by Gasteiger charge is -2.23. The Kier molecular flexibility index (Phi) is 10.0. The molecule has 1 fully saturated rings. The Morgan fingerprint density at radius 2 is 1.72 bits per heavy atom. The number of alkyl halides is 3. The van der Waals surface area contributed by atoms with Gasteiger partial charge >= 0.3 is 12.1 Å². The van der Waals surface area contributed by atoms with Gasteiger partial charge in [-0.2, -0.15) is 18.4 Å². The molecule has 1 heterocycles. The average molecular weight is 649 g/mol. The van der Waals surface area contributed by atoms with Crippen LogP contribution in [0.2, 0.25) is 0 Å². The number of thiazole rings is 1. The molecule has 5 rings (SSSR count). The van der Waals surface area contributed by atoms with Crippen LogP contribution in [-0.4, -0.2) is 34.4 Å². The first kappa shape index (κ1) is 32.6. The Labute approximate surface area is 267 Å². The van der Waals surface area contributed by atoms with E-state index in [0.29, 0.717) is 11.5 Å². The minimum atomic E-state index is -4.66. The van der Waals surface area contributed by atoms with Crippen LogP contribution in [-0.2, 0) is 22.2 Å². The zero-order valence-corrected chi connectivity index (χ0v) is 25.5. The highest BCUT2D eigenvalue weighted by Gasteiger charge is 2.32. The molecule has 1 aliphatic carbocycles. The van der Waals surface area contributed by atoms with Crippen molar-refractivity contribution >= 4 is 44.5 Å². The number of carboxylic acids is 1. The molecule has 4 aromatic rings. The van der Waals surface area contributed by atoms with Crippen molar-refractivity contribution in [3.8, 4) is 6.07 Å². The maximum absolute atomic E-state index is 13.8. The van der Waals surface area contributed by atoms with Gasteiger partial charge in [-0.15, -0.1) is 0 Å². The molecule has 0 aliphatic heterocycles. The van der Waals surface area contributed by atoms with Gasteiger partial charge in [-0.25, -0.2) is 4.98 Å². The second kappa shape index (κ2) is 14.1. The van der Waals surface area contributed by atoms with Crippen LogP contribution in [0.25, 0.3) is 10.2 Å². The Morgan fingerprint density at radius 3 is 2.35 bits per heavy atom. The number of nitriles is 1.